The predicted molar refractivity (Wildman–Crippen MR) is 97.7 cm³/mol. The normalized spacial score (nSPS) is 11.5. The van der Waals surface area contributed by atoms with Crippen LogP contribution in [-0.4, -0.2) is 25.7 Å². The van der Waals surface area contributed by atoms with Crippen molar-refractivity contribution in [3.63, 3.8) is 0 Å². The van der Waals surface area contributed by atoms with Gasteiger partial charge in [0.15, 0.2) is 0 Å². The summed E-state index contributed by atoms with van der Waals surface area (Å²) in [5, 5.41) is 1.31. The molecule has 0 aliphatic heterocycles. The Bertz CT molecular complexity index is 588. The number of benzene rings is 1. The highest BCUT2D eigenvalue weighted by atomic mass is 28.3. The number of allylic oxidation sites excluding steroid dienone is 1. The molecule has 5 nitrogen and oxygen atoms in total. The second-order valence-electron chi connectivity index (χ2n) is 7.33. The summed E-state index contributed by atoms with van der Waals surface area (Å²) in [6.45, 7) is 13.6. The first-order valence-electron chi connectivity index (χ1n) is 7.92. The van der Waals surface area contributed by atoms with Crippen LogP contribution in [0.15, 0.2) is 36.9 Å². The zero-order chi connectivity index (χ0) is 18.4. The minimum absolute atomic E-state index is 0.0829. The molecule has 0 atom stereocenters. The lowest BCUT2D eigenvalue weighted by molar-refractivity contribution is -0.149. The third kappa shape index (κ3) is 7.00. The number of amides is 1. The highest BCUT2D eigenvalue weighted by Crippen LogP contribution is 2.11. The summed E-state index contributed by atoms with van der Waals surface area (Å²) in [5.74, 6) is -0.545. The lowest BCUT2D eigenvalue weighted by Crippen LogP contribution is -2.40. The van der Waals surface area contributed by atoms with Gasteiger partial charge in [0.05, 0.1) is 14.5 Å². The monoisotopic (exact) mass is 349 g/mol. The Morgan fingerprint density at radius 2 is 1.79 bits per heavy atom. The van der Waals surface area contributed by atoms with Crippen molar-refractivity contribution >= 4 is 25.3 Å². The summed E-state index contributed by atoms with van der Waals surface area (Å²) < 4.78 is 4.98. The summed E-state index contributed by atoms with van der Waals surface area (Å²) in [7, 11) is -1.50. The summed E-state index contributed by atoms with van der Waals surface area (Å²) in [5.41, 5.74) is 2.18. The van der Waals surface area contributed by atoms with Crippen molar-refractivity contribution in [1.29, 1.82) is 0 Å². The van der Waals surface area contributed by atoms with E-state index >= 15 is 0 Å². The van der Waals surface area contributed by atoms with Crippen LogP contribution in [0.1, 0.15) is 26.3 Å². The molecule has 0 aliphatic carbocycles. The average molecular weight is 350 g/mol. The zero-order valence-electron chi connectivity index (χ0n) is 15.1. The Hall–Kier alpha value is -2.08. The highest BCUT2D eigenvalue weighted by molar-refractivity contribution is 6.90. The molecular formula is C18H27NO4Si. The van der Waals surface area contributed by atoms with E-state index in [4.69, 9.17) is 9.57 Å². The Labute approximate surface area is 145 Å². The van der Waals surface area contributed by atoms with E-state index in [-0.39, 0.29) is 6.42 Å². The van der Waals surface area contributed by atoms with Gasteiger partial charge in [-0.3, -0.25) is 0 Å². The summed E-state index contributed by atoms with van der Waals surface area (Å²) in [6, 6.07) is 8.96. The van der Waals surface area contributed by atoms with Crippen LogP contribution in [0.2, 0.25) is 19.1 Å². The molecule has 0 radical (unpaired) electrons. The second kappa shape index (κ2) is 8.15. The first-order valence-corrected chi connectivity index (χ1v) is 11.1. The maximum absolute atomic E-state index is 11.8. The molecule has 0 fully saturated rings. The van der Waals surface area contributed by atoms with Gasteiger partial charge < -0.3 is 9.57 Å². The molecule has 0 saturated carbocycles. The van der Waals surface area contributed by atoms with Crippen molar-refractivity contribution in [3.05, 3.63) is 42.5 Å². The van der Waals surface area contributed by atoms with Crippen LogP contribution < -0.4 is 10.7 Å². The highest BCUT2D eigenvalue weighted by Gasteiger charge is 2.21. The molecular weight excluding hydrogens is 322 g/mol. The van der Waals surface area contributed by atoms with E-state index in [1.54, 1.807) is 20.8 Å². The molecule has 1 rings (SSSR count). The van der Waals surface area contributed by atoms with Gasteiger partial charge in [-0.2, -0.15) is 0 Å². The summed E-state index contributed by atoms with van der Waals surface area (Å²) in [4.78, 5) is 27.9. The predicted octanol–water partition coefficient (Wildman–Crippen LogP) is 3.31. The average Bonchev–Trinajstić information content (AvgIpc) is 2.44. The number of carbonyl (C=O) groups excluding carboxylic acids is 2. The van der Waals surface area contributed by atoms with Crippen LogP contribution in [-0.2, 0) is 20.8 Å². The molecule has 0 spiro atoms. The van der Waals surface area contributed by atoms with Gasteiger partial charge in [0.25, 0.3) is 0 Å². The van der Waals surface area contributed by atoms with E-state index in [1.807, 2.05) is 23.7 Å². The van der Waals surface area contributed by atoms with E-state index in [2.05, 4.69) is 31.8 Å². The first-order chi connectivity index (χ1) is 11.0. The lowest BCUT2D eigenvalue weighted by Gasteiger charge is -2.21. The maximum atomic E-state index is 11.8. The minimum atomic E-state index is -1.50. The third-order valence-electron chi connectivity index (χ3n) is 3.39. The van der Waals surface area contributed by atoms with Crippen molar-refractivity contribution in [1.82, 2.24) is 5.48 Å². The van der Waals surface area contributed by atoms with Crippen LogP contribution in [0, 0.1) is 0 Å². The molecule has 1 N–H and O–H groups in total. The number of hydrogen-bond acceptors (Lipinski definition) is 4. The van der Waals surface area contributed by atoms with E-state index in [0.717, 1.165) is 11.6 Å². The van der Waals surface area contributed by atoms with Gasteiger partial charge in [-0.05, 0) is 32.4 Å². The fourth-order valence-electron chi connectivity index (χ4n) is 2.15. The Morgan fingerprint density at radius 1 is 1.21 bits per heavy atom. The van der Waals surface area contributed by atoms with Crippen LogP contribution in [0.5, 0.6) is 0 Å². The van der Waals surface area contributed by atoms with Crippen LogP contribution in [0.3, 0.4) is 0 Å². The van der Waals surface area contributed by atoms with Gasteiger partial charge in [-0.15, -0.1) is 12.1 Å². The number of ether oxygens (including phenoxy) is 1. The number of hydroxylamine groups is 1. The molecule has 132 valence electrons. The summed E-state index contributed by atoms with van der Waals surface area (Å²) in [6.07, 6.45) is 1.25. The Balaban J connectivity index is 2.53. The molecule has 0 bridgehead atoms. The van der Waals surface area contributed by atoms with E-state index < -0.39 is 25.7 Å². The van der Waals surface area contributed by atoms with E-state index in [0.29, 0.717) is 0 Å². The third-order valence-corrected chi connectivity index (χ3v) is 6.59. The van der Waals surface area contributed by atoms with Gasteiger partial charge >= 0.3 is 12.1 Å². The van der Waals surface area contributed by atoms with Crippen molar-refractivity contribution in [2.24, 2.45) is 0 Å². The van der Waals surface area contributed by atoms with Crippen LogP contribution >= 0.6 is 0 Å². The van der Waals surface area contributed by atoms with Gasteiger partial charge in [0.1, 0.15) is 5.60 Å². The summed E-state index contributed by atoms with van der Waals surface area (Å²) >= 11 is 0. The van der Waals surface area contributed by atoms with E-state index in [9.17, 15) is 9.59 Å². The van der Waals surface area contributed by atoms with Gasteiger partial charge in [0, 0.05) is 0 Å². The molecule has 1 aromatic carbocycles. The second-order valence-corrected chi connectivity index (χ2v) is 12.1. The van der Waals surface area contributed by atoms with Crippen LogP contribution in [0.25, 0.3) is 0 Å². The largest absolute Gasteiger partial charge is 0.442 e. The standard InChI is InChI=1S/C18H27NO4Si/c1-7-12-24(5,6)15-10-8-14(9-11-15)13-16(20)23-19-17(21)22-18(2,3)4/h7-11H,1,12-13H2,2-6H3,(H,19,21). The zero-order valence-corrected chi connectivity index (χ0v) is 16.1. The Kier molecular flexibility index (Phi) is 6.77. The molecule has 0 unspecified atom stereocenters. The number of carbonyl (C=O) groups is 2. The SMILES string of the molecule is C=CC[Si](C)(C)c1ccc(CC(=O)ONC(=O)OC(C)(C)C)cc1. The first kappa shape index (κ1) is 20.0. The molecule has 0 aliphatic rings. The number of rotatable bonds is 5. The number of nitrogens with one attached hydrogen (secondary N) is 1. The van der Waals surface area contributed by atoms with Crippen molar-refractivity contribution in [2.45, 2.75) is 51.9 Å². The molecule has 1 amide bonds. The van der Waals surface area contributed by atoms with Crippen LogP contribution in [0.4, 0.5) is 4.79 Å². The molecule has 0 heterocycles. The van der Waals surface area contributed by atoms with Gasteiger partial charge in [0.2, 0.25) is 0 Å². The molecule has 0 aromatic heterocycles. The lowest BCUT2D eigenvalue weighted by atomic mass is 10.2. The van der Waals surface area contributed by atoms with Crippen molar-refractivity contribution in [3.8, 4) is 0 Å². The van der Waals surface area contributed by atoms with Gasteiger partial charge in [-0.1, -0.05) is 48.6 Å². The fourth-order valence-corrected chi connectivity index (χ4v) is 4.18. The fraction of sp³-hybridized carbons (Fsp3) is 0.444. The molecule has 0 saturated heterocycles. The smallest absolute Gasteiger partial charge is 0.441 e. The topological polar surface area (TPSA) is 64.6 Å². The number of hydrogen-bond donors (Lipinski definition) is 1. The quantitative estimate of drug-likeness (QED) is 0.503. The van der Waals surface area contributed by atoms with Crippen molar-refractivity contribution < 1.29 is 19.2 Å². The Morgan fingerprint density at radius 3 is 2.29 bits per heavy atom. The molecule has 24 heavy (non-hydrogen) atoms. The minimum Gasteiger partial charge on any atom is -0.442 e. The maximum Gasteiger partial charge on any atom is 0.441 e. The molecule has 1 aromatic rings. The van der Waals surface area contributed by atoms with E-state index in [1.165, 1.54) is 5.19 Å². The molecule has 6 heteroatoms. The van der Waals surface area contributed by atoms with Crippen molar-refractivity contribution in [2.75, 3.05) is 0 Å². The van der Waals surface area contributed by atoms with Gasteiger partial charge in [-0.25, -0.2) is 9.59 Å².